The average Bonchev–Trinajstić information content (AvgIpc) is 2.28. The fourth-order valence-electron chi connectivity index (χ4n) is 0.980. The van der Waals surface area contributed by atoms with Crippen LogP contribution in [0.1, 0.15) is 10.4 Å². The maximum atomic E-state index is 11.6. The molecule has 0 aliphatic rings. The van der Waals surface area contributed by atoms with Crippen LogP contribution in [-0.4, -0.2) is 25.8 Å². The van der Waals surface area contributed by atoms with Crippen molar-refractivity contribution in [3.05, 3.63) is 34.7 Å². The Morgan fingerprint density at radius 2 is 2.00 bits per heavy atom. The molecule has 1 aromatic carbocycles. The summed E-state index contributed by atoms with van der Waals surface area (Å²) >= 11 is 0. The second kappa shape index (κ2) is 6.10. The zero-order valence-corrected chi connectivity index (χ0v) is 12.0. The van der Waals surface area contributed by atoms with Gasteiger partial charge in [0.15, 0.2) is 0 Å². The van der Waals surface area contributed by atoms with Crippen molar-refractivity contribution in [1.82, 2.24) is 4.41 Å². The number of benzene rings is 1. The van der Waals surface area contributed by atoms with Crippen LogP contribution in [0.25, 0.3) is 0 Å². The van der Waals surface area contributed by atoms with Gasteiger partial charge in [0, 0.05) is 7.05 Å². The van der Waals surface area contributed by atoms with Crippen LogP contribution in [0.15, 0.2) is 34.4 Å². The summed E-state index contributed by atoms with van der Waals surface area (Å²) in [5.74, 6) is -1.50. The molecule has 17 heavy (non-hydrogen) atoms. The predicted molar refractivity (Wildman–Crippen MR) is 51.5 cm³/mol. The summed E-state index contributed by atoms with van der Waals surface area (Å²) in [6.07, 6.45) is 0. The largest absolute Gasteiger partial charge is 1.00 e. The first-order valence-electron chi connectivity index (χ1n) is 4.03. The SMILES string of the molecule is CN(N=O)S(=O)(=O)c1cccc(C(=O)[O-])c1.[Na+]. The Hall–Kier alpha value is -0.960. The van der Waals surface area contributed by atoms with Gasteiger partial charge < -0.3 is 9.90 Å². The molecule has 9 heteroatoms. The molecule has 0 fully saturated rings. The van der Waals surface area contributed by atoms with Crippen LogP contribution in [0.4, 0.5) is 0 Å². The van der Waals surface area contributed by atoms with Crippen molar-refractivity contribution in [2.45, 2.75) is 4.90 Å². The van der Waals surface area contributed by atoms with Crippen LogP contribution in [0, 0.1) is 4.91 Å². The summed E-state index contributed by atoms with van der Waals surface area (Å²) in [5, 5.41) is 12.8. The molecule has 0 aliphatic heterocycles. The molecule has 0 bridgehead atoms. The first-order valence-corrected chi connectivity index (χ1v) is 5.47. The molecule has 0 unspecified atom stereocenters. The molecule has 0 amide bonds. The molecule has 86 valence electrons. The van der Waals surface area contributed by atoms with E-state index < -0.39 is 16.0 Å². The Kier molecular flexibility index (Phi) is 5.76. The van der Waals surface area contributed by atoms with Gasteiger partial charge in [0.1, 0.15) is 0 Å². The Bertz CT molecular complexity index is 530. The van der Waals surface area contributed by atoms with Crippen molar-refractivity contribution >= 4 is 16.0 Å². The topological polar surface area (TPSA) is 107 Å². The van der Waals surface area contributed by atoms with Gasteiger partial charge in [0.05, 0.1) is 16.2 Å². The van der Waals surface area contributed by atoms with Gasteiger partial charge in [0.25, 0.3) is 10.0 Å². The Morgan fingerprint density at radius 3 is 2.47 bits per heavy atom. The number of hydrogen-bond acceptors (Lipinski definition) is 6. The number of carbonyl (C=O) groups is 1. The molecule has 0 saturated heterocycles. The van der Waals surface area contributed by atoms with Gasteiger partial charge in [-0.3, -0.25) is 0 Å². The van der Waals surface area contributed by atoms with E-state index in [-0.39, 0.29) is 44.4 Å². The van der Waals surface area contributed by atoms with E-state index >= 15 is 0 Å². The first-order chi connectivity index (χ1) is 7.39. The van der Waals surface area contributed by atoms with Crippen LogP contribution in [0.2, 0.25) is 0 Å². The number of rotatable bonds is 4. The van der Waals surface area contributed by atoms with Crippen LogP contribution in [0.5, 0.6) is 0 Å². The van der Waals surface area contributed by atoms with E-state index in [1.807, 2.05) is 0 Å². The predicted octanol–water partition coefficient (Wildman–Crippen LogP) is -3.64. The number of sulfonamides is 1. The smallest absolute Gasteiger partial charge is 0.545 e. The normalized spacial score (nSPS) is 10.2. The number of aromatic carboxylic acids is 1. The number of nitroso groups, excluding NO2 is 1. The summed E-state index contributed by atoms with van der Waals surface area (Å²) in [7, 11) is -3.13. The third-order valence-corrected chi connectivity index (χ3v) is 3.44. The van der Waals surface area contributed by atoms with Gasteiger partial charge in [-0.25, -0.2) is 0 Å². The molecule has 0 N–H and O–H groups in total. The summed E-state index contributed by atoms with van der Waals surface area (Å²) in [4.78, 5) is 20.3. The minimum atomic E-state index is -4.08. The zero-order chi connectivity index (χ0) is 12.3. The van der Waals surface area contributed by atoms with E-state index in [4.69, 9.17) is 0 Å². The van der Waals surface area contributed by atoms with E-state index in [1.165, 1.54) is 12.1 Å². The van der Waals surface area contributed by atoms with Crippen molar-refractivity contribution in [3.8, 4) is 0 Å². The van der Waals surface area contributed by atoms with E-state index in [0.717, 1.165) is 19.2 Å². The van der Waals surface area contributed by atoms with Gasteiger partial charge in [0.2, 0.25) is 0 Å². The van der Waals surface area contributed by atoms with Crippen LogP contribution >= 0.6 is 0 Å². The maximum absolute atomic E-state index is 11.6. The van der Waals surface area contributed by atoms with Crippen molar-refractivity contribution in [3.63, 3.8) is 0 Å². The van der Waals surface area contributed by atoms with Gasteiger partial charge in [-0.15, -0.1) is 4.91 Å². The molecule has 0 aromatic heterocycles. The minimum absolute atomic E-state index is 0. The van der Waals surface area contributed by atoms with E-state index in [2.05, 4.69) is 5.29 Å². The molecule has 0 radical (unpaired) electrons. The fraction of sp³-hybridized carbons (Fsp3) is 0.125. The Labute approximate surface area is 120 Å². The molecule has 0 atom stereocenters. The number of carbonyl (C=O) groups excluding carboxylic acids is 1. The number of carboxylic acids is 1. The average molecular weight is 266 g/mol. The number of carboxylic acid groups (broad SMARTS) is 1. The quantitative estimate of drug-likeness (QED) is 0.317. The maximum Gasteiger partial charge on any atom is 1.00 e. The molecule has 0 saturated carbocycles. The first kappa shape index (κ1) is 16.0. The monoisotopic (exact) mass is 266 g/mol. The van der Waals surface area contributed by atoms with Crippen molar-refractivity contribution < 1.29 is 47.9 Å². The summed E-state index contributed by atoms with van der Waals surface area (Å²) < 4.78 is 23.3. The molecule has 0 spiro atoms. The molecule has 7 nitrogen and oxygen atoms in total. The molecule has 0 heterocycles. The Balaban J connectivity index is 0.00000256. The van der Waals surface area contributed by atoms with E-state index in [9.17, 15) is 23.2 Å². The van der Waals surface area contributed by atoms with E-state index in [1.54, 1.807) is 0 Å². The standard InChI is InChI=1S/C8H8N2O5S.Na/c1-10(9-13)16(14,15)7-4-2-3-6(5-7)8(11)12;/h2-5H,1H3,(H,11,12);/q;+1/p-1. The van der Waals surface area contributed by atoms with Crippen LogP contribution in [0.3, 0.4) is 0 Å². The third kappa shape index (κ3) is 3.50. The number of nitrogens with zero attached hydrogens (tertiary/aromatic N) is 2. The van der Waals surface area contributed by atoms with Gasteiger partial charge in [-0.1, -0.05) is 12.1 Å². The molecule has 1 aromatic rings. The van der Waals surface area contributed by atoms with E-state index in [0.29, 0.717) is 0 Å². The molecular weight excluding hydrogens is 259 g/mol. The minimum Gasteiger partial charge on any atom is -0.545 e. The third-order valence-electron chi connectivity index (χ3n) is 1.83. The fourth-order valence-corrected chi connectivity index (χ4v) is 1.90. The van der Waals surface area contributed by atoms with Crippen LogP contribution in [-0.2, 0) is 10.0 Å². The second-order valence-corrected chi connectivity index (χ2v) is 4.79. The van der Waals surface area contributed by atoms with Crippen molar-refractivity contribution in [2.24, 2.45) is 5.29 Å². The van der Waals surface area contributed by atoms with Gasteiger partial charge in [-0.05, 0) is 17.7 Å². The molecule has 1 rings (SSSR count). The Morgan fingerprint density at radius 1 is 1.41 bits per heavy atom. The second-order valence-electron chi connectivity index (χ2n) is 2.84. The summed E-state index contributed by atoms with van der Waals surface area (Å²) in [5.41, 5.74) is -0.291. The number of hydrogen-bond donors (Lipinski definition) is 0. The van der Waals surface area contributed by atoms with Crippen molar-refractivity contribution in [2.75, 3.05) is 7.05 Å². The zero-order valence-electron chi connectivity index (χ0n) is 9.15. The van der Waals surface area contributed by atoms with Crippen molar-refractivity contribution in [1.29, 1.82) is 0 Å². The van der Waals surface area contributed by atoms with Crippen LogP contribution < -0.4 is 34.7 Å². The van der Waals surface area contributed by atoms with Gasteiger partial charge in [-0.2, -0.15) is 12.8 Å². The van der Waals surface area contributed by atoms with Gasteiger partial charge >= 0.3 is 29.6 Å². The molecule has 0 aliphatic carbocycles. The molecular formula is C8H7N2NaO5S. The summed E-state index contributed by atoms with van der Waals surface area (Å²) in [6, 6.07) is 4.47. The summed E-state index contributed by atoms with van der Waals surface area (Å²) in [6.45, 7) is 0.